The van der Waals surface area contributed by atoms with Crippen LogP contribution in [0.1, 0.15) is 30.7 Å². The predicted octanol–water partition coefficient (Wildman–Crippen LogP) is 2.23. The van der Waals surface area contributed by atoms with Gasteiger partial charge in [0.15, 0.2) is 0 Å². The first-order valence-electron chi connectivity index (χ1n) is 11.1. The molecule has 29 heavy (non-hydrogen) atoms. The molecular formula is C23H36N4O2. The van der Waals surface area contributed by atoms with E-state index in [4.69, 9.17) is 4.74 Å². The molecule has 2 heterocycles. The summed E-state index contributed by atoms with van der Waals surface area (Å²) in [6, 6.07) is 11.6. The minimum absolute atomic E-state index is 0.136. The maximum absolute atomic E-state index is 12.9. The van der Waals surface area contributed by atoms with Crippen LogP contribution in [-0.4, -0.2) is 93.4 Å². The number of likely N-dealkylation sites (N-methyl/N-ethyl adjacent to an activating group) is 1. The van der Waals surface area contributed by atoms with Gasteiger partial charge in [0, 0.05) is 70.3 Å². The zero-order valence-electron chi connectivity index (χ0n) is 18.0. The zero-order chi connectivity index (χ0) is 20.3. The Morgan fingerprint density at radius 1 is 1.07 bits per heavy atom. The second kappa shape index (κ2) is 9.02. The molecule has 1 aromatic carbocycles. The number of rotatable bonds is 6. The first-order valence-corrected chi connectivity index (χ1v) is 11.1. The molecule has 3 fully saturated rings. The molecule has 2 saturated heterocycles. The van der Waals surface area contributed by atoms with Crippen LogP contribution < -0.4 is 5.32 Å². The standard InChI is InChI=1S/C23H36N4O2/c1-25-12-14-27(15-13-25)22(28)26-10-8-23(9-11-26,18-29-2)17-24-21-16-20(21)19-6-4-3-5-7-19/h3-7,20-21,24H,8-18H2,1-2H3/t20-,21-/m1/s1. The van der Waals surface area contributed by atoms with Gasteiger partial charge in [0.05, 0.1) is 6.61 Å². The smallest absolute Gasteiger partial charge is 0.320 e. The van der Waals surface area contributed by atoms with Crippen molar-refractivity contribution in [2.45, 2.75) is 31.2 Å². The number of likely N-dealkylation sites (tertiary alicyclic amines) is 1. The van der Waals surface area contributed by atoms with E-state index in [1.165, 1.54) is 12.0 Å². The molecular weight excluding hydrogens is 364 g/mol. The van der Waals surface area contributed by atoms with Crippen LogP contribution in [0.3, 0.4) is 0 Å². The van der Waals surface area contributed by atoms with Crippen LogP contribution in [0.2, 0.25) is 0 Å². The molecule has 6 nitrogen and oxygen atoms in total. The molecule has 0 bridgehead atoms. The van der Waals surface area contributed by atoms with Crippen molar-refractivity contribution in [2.24, 2.45) is 5.41 Å². The average molecular weight is 401 g/mol. The number of nitrogens with zero attached hydrogens (tertiary/aromatic N) is 3. The first-order chi connectivity index (χ1) is 14.1. The number of carbonyl (C=O) groups is 1. The van der Waals surface area contributed by atoms with Gasteiger partial charge >= 0.3 is 6.03 Å². The Morgan fingerprint density at radius 3 is 2.38 bits per heavy atom. The second-order valence-electron chi connectivity index (χ2n) is 9.23. The minimum Gasteiger partial charge on any atom is -0.384 e. The summed E-state index contributed by atoms with van der Waals surface area (Å²) in [5.41, 5.74) is 1.58. The summed E-state index contributed by atoms with van der Waals surface area (Å²) >= 11 is 0. The maximum Gasteiger partial charge on any atom is 0.320 e. The van der Waals surface area contributed by atoms with Crippen molar-refractivity contribution in [3.63, 3.8) is 0 Å². The number of methoxy groups -OCH3 is 1. The van der Waals surface area contributed by atoms with Gasteiger partial charge in [0.25, 0.3) is 0 Å². The predicted molar refractivity (Wildman–Crippen MR) is 115 cm³/mol. The van der Waals surface area contributed by atoms with E-state index >= 15 is 0 Å². The topological polar surface area (TPSA) is 48.1 Å². The van der Waals surface area contributed by atoms with Crippen molar-refractivity contribution in [3.8, 4) is 0 Å². The van der Waals surface area contributed by atoms with E-state index in [0.717, 1.165) is 65.3 Å². The Labute approximate surface area is 175 Å². The van der Waals surface area contributed by atoms with Crippen molar-refractivity contribution in [1.29, 1.82) is 0 Å². The highest BCUT2D eigenvalue weighted by atomic mass is 16.5. The fraction of sp³-hybridized carbons (Fsp3) is 0.696. The Hall–Kier alpha value is -1.63. The molecule has 2 amide bonds. The number of carbonyl (C=O) groups excluding carboxylic acids is 1. The van der Waals surface area contributed by atoms with Gasteiger partial charge in [0.2, 0.25) is 0 Å². The minimum atomic E-state index is 0.136. The summed E-state index contributed by atoms with van der Waals surface area (Å²) in [6.07, 6.45) is 3.24. The van der Waals surface area contributed by atoms with Crippen molar-refractivity contribution in [1.82, 2.24) is 20.0 Å². The molecule has 0 spiro atoms. The lowest BCUT2D eigenvalue weighted by atomic mass is 9.79. The van der Waals surface area contributed by atoms with E-state index in [-0.39, 0.29) is 11.4 Å². The van der Waals surface area contributed by atoms with Gasteiger partial charge < -0.3 is 24.8 Å². The van der Waals surface area contributed by atoms with Crippen LogP contribution >= 0.6 is 0 Å². The van der Waals surface area contributed by atoms with Crippen molar-refractivity contribution >= 4 is 6.03 Å². The molecule has 1 aromatic rings. The lowest BCUT2D eigenvalue weighted by molar-refractivity contribution is 0.0237. The van der Waals surface area contributed by atoms with Gasteiger partial charge in [-0.25, -0.2) is 4.79 Å². The number of urea groups is 1. The number of hydrogen-bond acceptors (Lipinski definition) is 4. The summed E-state index contributed by atoms with van der Waals surface area (Å²) in [5.74, 6) is 0.648. The monoisotopic (exact) mass is 400 g/mol. The normalized spacial score (nSPS) is 27.1. The quantitative estimate of drug-likeness (QED) is 0.796. The van der Waals surface area contributed by atoms with Crippen LogP contribution in [0, 0.1) is 5.41 Å². The summed E-state index contributed by atoms with van der Waals surface area (Å²) < 4.78 is 5.61. The molecule has 2 aliphatic heterocycles. The summed E-state index contributed by atoms with van der Waals surface area (Å²) in [6.45, 7) is 7.05. The molecule has 1 saturated carbocycles. The number of benzene rings is 1. The third-order valence-corrected chi connectivity index (χ3v) is 7.08. The Bertz CT molecular complexity index is 667. The number of nitrogens with one attached hydrogen (secondary N) is 1. The van der Waals surface area contributed by atoms with Crippen molar-refractivity contribution < 1.29 is 9.53 Å². The number of piperidine rings is 1. The fourth-order valence-electron chi connectivity index (χ4n) is 4.89. The summed E-state index contributed by atoms with van der Waals surface area (Å²) in [7, 11) is 3.92. The number of hydrogen-bond donors (Lipinski definition) is 1. The van der Waals surface area contributed by atoms with E-state index < -0.39 is 0 Å². The Kier molecular flexibility index (Phi) is 6.42. The van der Waals surface area contributed by atoms with E-state index in [0.29, 0.717) is 12.0 Å². The van der Waals surface area contributed by atoms with E-state index in [2.05, 4.69) is 52.5 Å². The van der Waals surface area contributed by atoms with Gasteiger partial charge in [-0.3, -0.25) is 0 Å². The molecule has 160 valence electrons. The molecule has 0 aromatic heterocycles. The summed E-state index contributed by atoms with van der Waals surface area (Å²) in [5, 5.41) is 3.81. The van der Waals surface area contributed by atoms with Crippen LogP contribution in [0.4, 0.5) is 4.79 Å². The largest absolute Gasteiger partial charge is 0.384 e. The number of ether oxygens (including phenoxy) is 1. The van der Waals surface area contributed by atoms with Crippen LogP contribution in [0.5, 0.6) is 0 Å². The maximum atomic E-state index is 12.9. The van der Waals surface area contributed by atoms with Crippen LogP contribution in [-0.2, 0) is 4.74 Å². The third-order valence-electron chi connectivity index (χ3n) is 7.08. The lowest BCUT2D eigenvalue weighted by Gasteiger charge is -2.44. The molecule has 0 unspecified atom stereocenters. The third kappa shape index (κ3) is 4.93. The number of amides is 2. The van der Waals surface area contributed by atoms with E-state index in [9.17, 15) is 4.79 Å². The van der Waals surface area contributed by atoms with Gasteiger partial charge in [-0.2, -0.15) is 0 Å². The van der Waals surface area contributed by atoms with E-state index in [1.807, 2.05) is 4.90 Å². The molecule has 1 aliphatic carbocycles. The fourth-order valence-corrected chi connectivity index (χ4v) is 4.89. The molecule has 4 rings (SSSR count). The van der Waals surface area contributed by atoms with Crippen molar-refractivity contribution in [2.75, 3.05) is 66.6 Å². The zero-order valence-corrected chi connectivity index (χ0v) is 18.0. The van der Waals surface area contributed by atoms with E-state index in [1.54, 1.807) is 7.11 Å². The van der Waals surface area contributed by atoms with Gasteiger partial charge in [-0.05, 0) is 31.9 Å². The van der Waals surface area contributed by atoms with Gasteiger partial charge in [-0.15, -0.1) is 0 Å². The van der Waals surface area contributed by atoms with Gasteiger partial charge in [-0.1, -0.05) is 30.3 Å². The molecule has 3 aliphatic rings. The second-order valence-corrected chi connectivity index (χ2v) is 9.23. The summed E-state index contributed by atoms with van der Waals surface area (Å²) in [4.78, 5) is 19.3. The van der Waals surface area contributed by atoms with Crippen LogP contribution in [0.25, 0.3) is 0 Å². The molecule has 6 heteroatoms. The highest BCUT2D eigenvalue weighted by molar-refractivity contribution is 5.74. The van der Waals surface area contributed by atoms with Gasteiger partial charge in [0.1, 0.15) is 0 Å². The Balaban J connectivity index is 1.27. The lowest BCUT2D eigenvalue weighted by Crippen LogP contribution is -2.55. The molecule has 2 atom stereocenters. The first kappa shape index (κ1) is 20.6. The van der Waals surface area contributed by atoms with Crippen molar-refractivity contribution in [3.05, 3.63) is 35.9 Å². The Morgan fingerprint density at radius 2 is 1.72 bits per heavy atom. The average Bonchev–Trinajstić information content (AvgIpc) is 3.54. The van der Waals surface area contributed by atoms with Crippen LogP contribution in [0.15, 0.2) is 30.3 Å². The highest BCUT2D eigenvalue weighted by Crippen LogP contribution is 2.42. The SMILES string of the molecule is COCC1(CN[C@@H]2C[C@@H]2c2ccccc2)CCN(C(=O)N2CCN(C)CC2)CC1. The molecule has 1 N–H and O–H groups in total. The number of piperazine rings is 1. The molecule has 0 radical (unpaired) electrons. The highest BCUT2D eigenvalue weighted by Gasteiger charge is 2.42.